The van der Waals surface area contributed by atoms with Crippen LogP contribution in [0.5, 0.6) is 0 Å². The van der Waals surface area contributed by atoms with Crippen LogP contribution in [0.4, 0.5) is 0 Å². The van der Waals surface area contributed by atoms with Gasteiger partial charge < -0.3 is 18.9 Å². The molecule has 4 fully saturated rings. The number of ether oxygens (including phenoxy) is 4. The van der Waals surface area contributed by atoms with Crippen LogP contribution in [0.25, 0.3) is 22.1 Å². The van der Waals surface area contributed by atoms with Gasteiger partial charge in [0.15, 0.2) is 22.1 Å². The molecule has 8 nitrogen and oxygen atoms in total. The summed E-state index contributed by atoms with van der Waals surface area (Å²) in [4.78, 5) is 0. The van der Waals surface area contributed by atoms with Crippen LogP contribution in [0.3, 0.4) is 0 Å². The summed E-state index contributed by atoms with van der Waals surface area (Å²) in [6.45, 7) is 7.23. The summed E-state index contributed by atoms with van der Waals surface area (Å²) in [6.07, 6.45) is 5.75. The topological polar surface area (TPSA) is 67.7 Å². The monoisotopic (exact) mass is 516 g/mol. The van der Waals surface area contributed by atoms with E-state index in [4.69, 9.17) is 18.9 Å². The molecule has 38 heavy (non-hydrogen) atoms. The number of aromatic nitrogens is 4. The smallest absolute Gasteiger partial charge is 0.257 e. The summed E-state index contributed by atoms with van der Waals surface area (Å²) >= 11 is 0. The molecule has 0 radical (unpaired) electrons. The number of hydrogen-bond donors (Lipinski definition) is 0. The van der Waals surface area contributed by atoms with Gasteiger partial charge in [-0.1, -0.05) is 24.3 Å². The highest BCUT2D eigenvalue weighted by atomic mass is 16.6. The van der Waals surface area contributed by atoms with E-state index < -0.39 is 0 Å². The normalized spacial score (nSPS) is 25.4. The lowest BCUT2D eigenvalue weighted by Gasteiger charge is -2.06. The largest absolute Gasteiger partial charge is 0.369 e. The second-order valence-electron chi connectivity index (χ2n) is 11.3. The highest BCUT2D eigenvalue weighted by Crippen LogP contribution is 2.24. The number of benzene rings is 2. The minimum absolute atomic E-state index is 0.346. The maximum atomic E-state index is 5.65. The number of unbranched alkanes of at least 4 members (excludes halogenated alkanes) is 1. The Bertz CT molecular complexity index is 1260. The van der Waals surface area contributed by atoms with Crippen molar-refractivity contribution in [3.05, 3.63) is 60.2 Å². The highest BCUT2D eigenvalue weighted by Gasteiger charge is 2.36. The first-order valence-corrected chi connectivity index (χ1v) is 14.3. The van der Waals surface area contributed by atoms with E-state index in [9.17, 15) is 0 Å². The van der Waals surface area contributed by atoms with Gasteiger partial charge in [0, 0.05) is 12.8 Å². The Hall–Kier alpha value is -2.78. The molecule has 0 saturated carbocycles. The fourth-order valence-corrected chi connectivity index (χ4v) is 6.12. The van der Waals surface area contributed by atoms with Gasteiger partial charge in [-0.3, -0.25) is 0 Å². The van der Waals surface area contributed by atoms with Crippen LogP contribution in [0, 0.1) is 0 Å². The molecule has 2 aromatic heterocycles. The highest BCUT2D eigenvalue weighted by molar-refractivity contribution is 5.73. The Morgan fingerprint density at radius 1 is 0.579 bits per heavy atom. The lowest BCUT2D eigenvalue weighted by molar-refractivity contribution is -0.681. The summed E-state index contributed by atoms with van der Waals surface area (Å²) in [6, 6.07) is 17.6. The van der Waals surface area contributed by atoms with Crippen LogP contribution in [0.1, 0.15) is 24.5 Å². The van der Waals surface area contributed by atoms with E-state index in [0.29, 0.717) is 24.4 Å². The second-order valence-corrected chi connectivity index (χ2v) is 11.3. The van der Waals surface area contributed by atoms with E-state index in [1.165, 1.54) is 33.7 Å². The lowest BCUT2D eigenvalue weighted by atomic mass is 10.1. The molecular formula is C30H36N4O4+2. The van der Waals surface area contributed by atoms with E-state index >= 15 is 0 Å². The van der Waals surface area contributed by atoms with Crippen molar-refractivity contribution in [2.24, 2.45) is 0 Å². The molecule has 4 aliphatic rings. The molecule has 4 aliphatic heterocycles. The fraction of sp³-hybridized carbons (Fsp3) is 0.533. The molecule has 0 unspecified atom stereocenters. The van der Waals surface area contributed by atoms with Gasteiger partial charge in [-0.15, -0.1) is 0 Å². The maximum Gasteiger partial charge on any atom is 0.257 e. The summed E-state index contributed by atoms with van der Waals surface area (Å²) in [5, 5.41) is 0. The maximum absolute atomic E-state index is 5.65. The Balaban J connectivity index is 1.07. The van der Waals surface area contributed by atoms with Crippen molar-refractivity contribution >= 4 is 22.1 Å². The number of epoxide rings is 4. The van der Waals surface area contributed by atoms with Gasteiger partial charge in [0.1, 0.15) is 50.6 Å². The van der Waals surface area contributed by atoms with Crippen LogP contribution in [0.2, 0.25) is 0 Å². The second kappa shape index (κ2) is 9.45. The molecule has 2 aromatic carbocycles. The van der Waals surface area contributed by atoms with Crippen molar-refractivity contribution in [1.82, 2.24) is 9.13 Å². The van der Waals surface area contributed by atoms with E-state index in [1.54, 1.807) is 0 Å². The SMILES string of the molecule is c1ccc2c(c1)n(C[C@@H]1CO1)c(CCCCc1n(C[C@@H]3CO3)c3ccccc3[n+]1C[C@@H]1CO1)[n+]2C[C@@H]1CO1. The zero-order chi connectivity index (χ0) is 25.1. The third-order valence-electron chi connectivity index (χ3n) is 8.38. The minimum atomic E-state index is 0.346. The van der Waals surface area contributed by atoms with Crippen molar-refractivity contribution in [2.45, 2.75) is 76.3 Å². The number of imidazole rings is 2. The zero-order valence-corrected chi connectivity index (χ0v) is 21.8. The summed E-state index contributed by atoms with van der Waals surface area (Å²) in [5.41, 5.74) is 5.24. The number of hydrogen-bond acceptors (Lipinski definition) is 4. The Labute approximate surface area is 222 Å². The number of nitrogens with zero attached hydrogens (tertiary/aromatic N) is 4. The summed E-state index contributed by atoms with van der Waals surface area (Å²) in [5.74, 6) is 2.81. The lowest BCUT2D eigenvalue weighted by Crippen LogP contribution is -2.41. The molecule has 0 aliphatic carbocycles. The molecule has 4 saturated heterocycles. The van der Waals surface area contributed by atoms with Crippen LogP contribution in [0.15, 0.2) is 48.5 Å². The molecule has 8 heteroatoms. The van der Waals surface area contributed by atoms with Gasteiger partial charge >= 0.3 is 0 Å². The average Bonchev–Trinajstić information content (AvgIpc) is 3.75. The van der Waals surface area contributed by atoms with E-state index in [2.05, 4.69) is 66.8 Å². The predicted octanol–water partition coefficient (Wildman–Crippen LogP) is 2.33. The van der Waals surface area contributed by atoms with Gasteiger partial charge in [0.25, 0.3) is 11.6 Å². The van der Waals surface area contributed by atoms with Gasteiger partial charge in [-0.2, -0.15) is 0 Å². The molecule has 4 atom stereocenters. The van der Waals surface area contributed by atoms with Crippen molar-refractivity contribution in [3.8, 4) is 0 Å². The summed E-state index contributed by atoms with van der Waals surface area (Å²) in [7, 11) is 0. The first kappa shape index (κ1) is 23.1. The number of para-hydroxylation sites is 4. The Morgan fingerprint density at radius 2 is 0.974 bits per heavy atom. The van der Waals surface area contributed by atoms with Crippen molar-refractivity contribution in [3.63, 3.8) is 0 Å². The number of fused-ring (bicyclic) bond motifs is 2. The van der Waals surface area contributed by atoms with Crippen molar-refractivity contribution in [1.29, 1.82) is 0 Å². The van der Waals surface area contributed by atoms with E-state index in [-0.39, 0.29) is 0 Å². The van der Waals surface area contributed by atoms with Gasteiger partial charge in [0.2, 0.25) is 0 Å². The number of rotatable bonds is 13. The first-order chi connectivity index (χ1) is 18.8. The third-order valence-corrected chi connectivity index (χ3v) is 8.38. The average molecular weight is 517 g/mol. The Morgan fingerprint density at radius 3 is 1.37 bits per heavy atom. The molecule has 0 amide bonds. The minimum Gasteiger partial charge on any atom is -0.369 e. The molecule has 0 spiro atoms. The summed E-state index contributed by atoms with van der Waals surface area (Å²) < 4.78 is 32.7. The van der Waals surface area contributed by atoms with Crippen LogP contribution < -0.4 is 9.13 Å². The van der Waals surface area contributed by atoms with Crippen LogP contribution in [-0.4, -0.2) is 60.0 Å². The molecule has 0 N–H and O–H groups in total. The van der Waals surface area contributed by atoms with E-state index in [0.717, 1.165) is 78.3 Å². The standard InChI is InChI=1S/C30H36N4O4/c1-2-8-26-25(7-1)31(13-21-17-35-21)29(32(26)14-22-18-36-22)11-5-6-12-30-33(15-23-19-37-23)27-9-3-4-10-28(27)34(30)16-24-20-38-24/h1-4,7-10,21-24H,5-6,11-20H2/q+2/t21-,22-,23-,24-/m1/s1. The van der Waals surface area contributed by atoms with Gasteiger partial charge in [-0.05, 0) is 37.1 Å². The van der Waals surface area contributed by atoms with Crippen molar-refractivity contribution in [2.75, 3.05) is 26.4 Å². The molecule has 198 valence electrons. The van der Waals surface area contributed by atoms with E-state index in [1.807, 2.05) is 0 Å². The van der Waals surface area contributed by atoms with Crippen molar-refractivity contribution < 1.29 is 28.1 Å². The quantitative estimate of drug-likeness (QED) is 0.155. The predicted molar refractivity (Wildman–Crippen MR) is 140 cm³/mol. The van der Waals surface area contributed by atoms with Gasteiger partial charge in [-0.25, -0.2) is 18.3 Å². The molecule has 4 aromatic rings. The zero-order valence-electron chi connectivity index (χ0n) is 21.8. The third kappa shape index (κ3) is 4.64. The molecular weight excluding hydrogens is 480 g/mol. The molecule has 0 bridgehead atoms. The van der Waals surface area contributed by atoms with Crippen LogP contribution in [-0.2, 0) is 58.0 Å². The fourth-order valence-electron chi connectivity index (χ4n) is 6.12. The first-order valence-electron chi connectivity index (χ1n) is 14.3. The van der Waals surface area contributed by atoms with Crippen LogP contribution >= 0.6 is 0 Å². The van der Waals surface area contributed by atoms with Gasteiger partial charge in [0.05, 0.1) is 26.4 Å². The molecule has 8 rings (SSSR count). The molecule has 6 heterocycles. The Kier molecular flexibility index (Phi) is 5.75.